The Morgan fingerprint density at radius 1 is 0.971 bits per heavy atom. The summed E-state index contributed by atoms with van der Waals surface area (Å²) in [5, 5.41) is 0. The van der Waals surface area contributed by atoms with Crippen LogP contribution in [0.5, 0.6) is 11.6 Å². The third-order valence-corrected chi connectivity index (χ3v) is 5.69. The number of rotatable bonds is 5. The molecular weight excluding hydrogens is 435 g/mol. The van der Waals surface area contributed by atoms with Gasteiger partial charge in [-0.2, -0.15) is 0 Å². The number of ether oxygens (including phenoxy) is 1. The van der Waals surface area contributed by atoms with Gasteiger partial charge in [0.1, 0.15) is 23.6 Å². The van der Waals surface area contributed by atoms with Crippen LogP contribution in [-0.2, 0) is 0 Å². The van der Waals surface area contributed by atoms with Gasteiger partial charge < -0.3 is 9.64 Å². The van der Waals surface area contributed by atoms with Crippen LogP contribution in [0, 0.1) is 5.82 Å². The summed E-state index contributed by atoms with van der Waals surface area (Å²) in [6, 6.07) is 7.56. The summed E-state index contributed by atoms with van der Waals surface area (Å²) >= 11 is 0. The number of aromatic nitrogens is 5. The molecule has 0 spiro atoms. The first kappa shape index (κ1) is 21.6. The van der Waals surface area contributed by atoms with Crippen molar-refractivity contribution in [3.8, 4) is 22.8 Å². The molecule has 1 amide bonds. The van der Waals surface area contributed by atoms with Crippen LogP contribution in [0.15, 0.2) is 73.8 Å². The molecule has 1 fully saturated rings. The van der Waals surface area contributed by atoms with Gasteiger partial charge in [-0.25, -0.2) is 19.3 Å². The third-order valence-electron chi connectivity index (χ3n) is 5.69. The van der Waals surface area contributed by atoms with Gasteiger partial charge >= 0.3 is 0 Å². The smallest absolute Gasteiger partial charge is 0.255 e. The van der Waals surface area contributed by atoms with Crippen molar-refractivity contribution in [1.29, 1.82) is 0 Å². The molecule has 0 saturated carbocycles. The van der Waals surface area contributed by atoms with E-state index in [2.05, 4.69) is 24.9 Å². The molecule has 0 aliphatic carbocycles. The van der Waals surface area contributed by atoms with E-state index in [0.717, 1.165) is 24.0 Å². The Kier molecular flexibility index (Phi) is 6.15. The normalized spacial score (nSPS) is 15.7. The standard InChI is InChI=1S/C25H21FN6O2/c26-21-3-5-22(6-4-21)34-24-23(30-7-8-31-24)17-2-1-9-32(15-17)25(33)19-10-18(11-27-12-19)20-13-28-16-29-14-20/h3-8,10-14,16-17H,1-2,9,15H2. The minimum Gasteiger partial charge on any atom is -0.437 e. The second-order valence-corrected chi connectivity index (χ2v) is 7.98. The Morgan fingerprint density at radius 3 is 2.56 bits per heavy atom. The molecule has 3 aromatic heterocycles. The molecule has 0 radical (unpaired) electrons. The zero-order valence-corrected chi connectivity index (χ0v) is 18.2. The van der Waals surface area contributed by atoms with E-state index in [9.17, 15) is 9.18 Å². The summed E-state index contributed by atoms with van der Waals surface area (Å²) < 4.78 is 19.1. The Bertz CT molecular complexity index is 1290. The number of piperidine rings is 1. The van der Waals surface area contributed by atoms with Gasteiger partial charge in [0.25, 0.3) is 5.91 Å². The molecule has 170 valence electrons. The fourth-order valence-electron chi connectivity index (χ4n) is 4.04. The summed E-state index contributed by atoms with van der Waals surface area (Å²) in [6.07, 6.45) is 12.9. The van der Waals surface area contributed by atoms with Crippen molar-refractivity contribution in [2.75, 3.05) is 13.1 Å². The molecule has 1 aliphatic rings. The molecule has 1 aromatic carbocycles. The van der Waals surface area contributed by atoms with Crippen LogP contribution in [0.25, 0.3) is 11.1 Å². The van der Waals surface area contributed by atoms with E-state index in [0.29, 0.717) is 36.0 Å². The largest absolute Gasteiger partial charge is 0.437 e. The summed E-state index contributed by atoms with van der Waals surface area (Å²) in [4.78, 5) is 36.3. The lowest BCUT2D eigenvalue weighted by Crippen LogP contribution is -2.39. The summed E-state index contributed by atoms with van der Waals surface area (Å²) in [6.45, 7) is 1.12. The molecule has 8 nitrogen and oxygen atoms in total. The molecule has 1 saturated heterocycles. The lowest BCUT2D eigenvalue weighted by atomic mass is 9.94. The van der Waals surface area contributed by atoms with Crippen molar-refractivity contribution >= 4 is 5.91 Å². The number of pyridine rings is 1. The highest BCUT2D eigenvalue weighted by Crippen LogP contribution is 2.33. The molecule has 1 atom stereocenters. The van der Waals surface area contributed by atoms with E-state index in [-0.39, 0.29) is 17.6 Å². The second kappa shape index (κ2) is 9.70. The van der Waals surface area contributed by atoms with Crippen LogP contribution in [-0.4, -0.2) is 48.8 Å². The molecule has 34 heavy (non-hydrogen) atoms. The predicted octanol–water partition coefficient (Wildman–Crippen LogP) is 4.28. The highest BCUT2D eigenvalue weighted by molar-refractivity contribution is 5.95. The second-order valence-electron chi connectivity index (χ2n) is 7.98. The molecular formula is C25H21FN6O2. The van der Waals surface area contributed by atoms with Gasteiger partial charge in [-0.1, -0.05) is 0 Å². The van der Waals surface area contributed by atoms with Gasteiger partial charge in [0.15, 0.2) is 0 Å². The van der Waals surface area contributed by atoms with Gasteiger partial charge in [-0.3, -0.25) is 14.8 Å². The quantitative estimate of drug-likeness (QED) is 0.442. The minimum atomic E-state index is -0.341. The van der Waals surface area contributed by atoms with E-state index in [1.807, 2.05) is 11.0 Å². The number of carbonyl (C=O) groups is 1. The number of nitrogens with zero attached hydrogens (tertiary/aromatic N) is 6. The molecule has 1 unspecified atom stereocenters. The zero-order valence-electron chi connectivity index (χ0n) is 18.2. The summed E-state index contributed by atoms with van der Waals surface area (Å²) in [5.41, 5.74) is 2.76. The maximum Gasteiger partial charge on any atom is 0.255 e. The van der Waals surface area contributed by atoms with Crippen molar-refractivity contribution < 1.29 is 13.9 Å². The molecule has 4 aromatic rings. The predicted molar refractivity (Wildman–Crippen MR) is 122 cm³/mol. The summed E-state index contributed by atoms with van der Waals surface area (Å²) in [5.74, 6) is 0.355. The molecule has 1 aliphatic heterocycles. The number of likely N-dealkylation sites (tertiary alicyclic amines) is 1. The Hall–Kier alpha value is -4.27. The van der Waals surface area contributed by atoms with Crippen LogP contribution in [0.3, 0.4) is 0 Å². The number of benzene rings is 1. The molecule has 0 N–H and O–H groups in total. The minimum absolute atomic E-state index is 0.0412. The van der Waals surface area contributed by atoms with Gasteiger partial charge in [0.05, 0.1) is 5.56 Å². The molecule has 0 bridgehead atoms. The van der Waals surface area contributed by atoms with Crippen LogP contribution in [0.1, 0.15) is 34.8 Å². The first-order chi connectivity index (χ1) is 16.7. The molecule has 9 heteroatoms. The van der Waals surface area contributed by atoms with E-state index >= 15 is 0 Å². The zero-order chi connectivity index (χ0) is 23.3. The highest BCUT2D eigenvalue weighted by Gasteiger charge is 2.29. The van der Waals surface area contributed by atoms with Gasteiger partial charge in [0.2, 0.25) is 5.88 Å². The van der Waals surface area contributed by atoms with Crippen LogP contribution >= 0.6 is 0 Å². The maximum absolute atomic E-state index is 13.3. The van der Waals surface area contributed by atoms with Gasteiger partial charge in [-0.05, 0) is 43.2 Å². The van der Waals surface area contributed by atoms with Crippen molar-refractivity contribution in [1.82, 2.24) is 29.8 Å². The average Bonchev–Trinajstić information content (AvgIpc) is 2.90. The fourth-order valence-corrected chi connectivity index (χ4v) is 4.04. The lowest BCUT2D eigenvalue weighted by molar-refractivity contribution is 0.0704. The van der Waals surface area contributed by atoms with Gasteiger partial charge in [0, 0.05) is 67.3 Å². The first-order valence-corrected chi connectivity index (χ1v) is 10.9. The van der Waals surface area contributed by atoms with Crippen molar-refractivity contribution in [3.05, 3.63) is 90.9 Å². The molecule has 4 heterocycles. The van der Waals surface area contributed by atoms with Crippen molar-refractivity contribution in [2.45, 2.75) is 18.8 Å². The fraction of sp³-hybridized carbons (Fsp3) is 0.200. The van der Waals surface area contributed by atoms with Crippen molar-refractivity contribution in [2.24, 2.45) is 0 Å². The number of carbonyl (C=O) groups excluding carboxylic acids is 1. The molecule has 5 rings (SSSR count). The van der Waals surface area contributed by atoms with E-state index in [1.165, 1.54) is 18.5 Å². The van der Waals surface area contributed by atoms with Crippen LogP contribution in [0.4, 0.5) is 4.39 Å². The SMILES string of the molecule is O=C(c1cncc(-c2cncnc2)c1)N1CCCC(c2nccnc2Oc2ccc(F)cc2)C1. The number of halogens is 1. The number of hydrogen-bond acceptors (Lipinski definition) is 7. The third kappa shape index (κ3) is 4.73. The van der Waals surface area contributed by atoms with E-state index < -0.39 is 0 Å². The topological polar surface area (TPSA) is 94.0 Å². The Morgan fingerprint density at radius 2 is 1.74 bits per heavy atom. The van der Waals surface area contributed by atoms with Gasteiger partial charge in [-0.15, -0.1) is 0 Å². The Balaban J connectivity index is 1.35. The first-order valence-electron chi connectivity index (χ1n) is 10.9. The number of hydrogen-bond donors (Lipinski definition) is 0. The van der Waals surface area contributed by atoms with Crippen LogP contribution in [0.2, 0.25) is 0 Å². The van der Waals surface area contributed by atoms with Crippen LogP contribution < -0.4 is 4.74 Å². The number of amides is 1. The average molecular weight is 456 g/mol. The van der Waals surface area contributed by atoms with Crippen molar-refractivity contribution in [3.63, 3.8) is 0 Å². The maximum atomic E-state index is 13.3. The van der Waals surface area contributed by atoms with E-state index in [1.54, 1.807) is 49.3 Å². The highest BCUT2D eigenvalue weighted by atomic mass is 19.1. The summed E-state index contributed by atoms with van der Waals surface area (Å²) in [7, 11) is 0. The van der Waals surface area contributed by atoms with E-state index in [4.69, 9.17) is 4.74 Å². The Labute approximate surface area is 195 Å². The lowest BCUT2D eigenvalue weighted by Gasteiger charge is -2.32. The monoisotopic (exact) mass is 456 g/mol.